The van der Waals surface area contributed by atoms with Crippen molar-refractivity contribution in [2.24, 2.45) is 5.73 Å². The number of fused-ring (bicyclic) bond motifs is 1. The quantitative estimate of drug-likeness (QED) is 0.591. The fourth-order valence-electron chi connectivity index (χ4n) is 4.07. The highest BCUT2D eigenvalue weighted by Crippen LogP contribution is 2.45. The summed E-state index contributed by atoms with van der Waals surface area (Å²) >= 11 is 12.3. The minimum absolute atomic E-state index is 0.0328. The molecule has 4 N–H and O–H groups in total. The number of anilines is 1. The molecule has 2 aromatic carbocycles. The highest BCUT2D eigenvalue weighted by molar-refractivity contribution is 7.92. The first kappa shape index (κ1) is 22.9. The van der Waals surface area contributed by atoms with Gasteiger partial charge in [0, 0.05) is 12.0 Å². The molecule has 0 aromatic heterocycles. The van der Waals surface area contributed by atoms with E-state index >= 15 is 0 Å². The van der Waals surface area contributed by atoms with E-state index < -0.39 is 21.8 Å². The van der Waals surface area contributed by atoms with Gasteiger partial charge in [-0.3, -0.25) is 9.52 Å². The summed E-state index contributed by atoms with van der Waals surface area (Å²) in [4.78, 5) is 11.9. The highest BCUT2D eigenvalue weighted by Gasteiger charge is 2.31. The Morgan fingerprint density at radius 1 is 1.13 bits per heavy atom. The number of carbonyl (C=O) groups is 1. The fraction of sp³-hybridized carbons (Fsp3) is 0.381. The minimum Gasteiger partial charge on any atom is -0.369 e. The Hall–Kier alpha value is -1.80. The lowest BCUT2D eigenvalue weighted by Crippen LogP contribution is -2.27. The summed E-state index contributed by atoms with van der Waals surface area (Å²) < 4.78 is 26.4. The summed E-state index contributed by atoms with van der Waals surface area (Å²) in [7, 11) is -1.67. The maximum atomic E-state index is 11.9. The molecular formula is C21H25Cl2N3O3S. The molecule has 0 bridgehead atoms. The van der Waals surface area contributed by atoms with Crippen LogP contribution in [0.5, 0.6) is 0 Å². The maximum absolute atomic E-state index is 11.9. The molecule has 1 unspecified atom stereocenters. The lowest BCUT2D eigenvalue weighted by atomic mass is 9.75. The Kier molecular flexibility index (Phi) is 6.67. The van der Waals surface area contributed by atoms with E-state index in [1.54, 1.807) is 13.0 Å². The van der Waals surface area contributed by atoms with Crippen molar-refractivity contribution >= 4 is 44.8 Å². The van der Waals surface area contributed by atoms with Gasteiger partial charge in [0.1, 0.15) is 0 Å². The molecule has 0 spiro atoms. The van der Waals surface area contributed by atoms with Crippen LogP contribution in [0.25, 0.3) is 0 Å². The Bertz CT molecular complexity index is 1090. The number of hydrogen-bond acceptors (Lipinski definition) is 4. The minimum atomic E-state index is -3.54. The van der Waals surface area contributed by atoms with Gasteiger partial charge in [-0.2, -0.15) is 0 Å². The van der Waals surface area contributed by atoms with E-state index in [4.69, 9.17) is 28.9 Å². The molecule has 1 aliphatic carbocycles. The molecule has 162 valence electrons. The first-order valence-corrected chi connectivity index (χ1v) is 12.2. The molecule has 3 rings (SSSR count). The Morgan fingerprint density at radius 2 is 1.83 bits per heavy atom. The molecule has 0 radical (unpaired) electrons. The van der Waals surface area contributed by atoms with Gasteiger partial charge in [0.05, 0.1) is 27.9 Å². The number of primary amides is 1. The summed E-state index contributed by atoms with van der Waals surface area (Å²) in [6.45, 7) is 1.67. The summed E-state index contributed by atoms with van der Waals surface area (Å²) in [5, 5.41) is 4.26. The molecular weight excluding hydrogens is 445 g/mol. The van der Waals surface area contributed by atoms with Gasteiger partial charge in [0.15, 0.2) is 0 Å². The number of amides is 1. The summed E-state index contributed by atoms with van der Waals surface area (Å²) in [5.41, 5.74) is 9.48. The average molecular weight is 470 g/mol. The number of benzene rings is 2. The van der Waals surface area contributed by atoms with Gasteiger partial charge in [0.2, 0.25) is 15.9 Å². The van der Waals surface area contributed by atoms with Crippen LogP contribution >= 0.6 is 23.2 Å². The Labute approximate surface area is 187 Å². The van der Waals surface area contributed by atoms with Gasteiger partial charge >= 0.3 is 0 Å². The second-order valence-electron chi connectivity index (χ2n) is 7.71. The van der Waals surface area contributed by atoms with E-state index in [9.17, 15) is 13.2 Å². The van der Waals surface area contributed by atoms with E-state index in [0.29, 0.717) is 21.3 Å². The lowest BCUT2D eigenvalue weighted by molar-refractivity contribution is -0.119. The molecule has 1 amide bonds. The third-order valence-electron chi connectivity index (χ3n) is 5.63. The number of sulfonamides is 1. The number of nitrogens with one attached hydrogen (secondary N) is 2. The van der Waals surface area contributed by atoms with E-state index in [1.165, 1.54) is 0 Å². The largest absolute Gasteiger partial charge is 0.369 e. The molecule has 0 saturated carbocycles. The first-order valence-electron chi connectivity index (χ1n) is 9.59. The van der Waals surface area contributed by atoms with Crippen LogP contribution in [0.4, 0.5) is 5.69 Å². The smallest absolute Gasteiger partial charge is 0.229 e. The number of carbonyl (C=O) groups excluding carboxylic acids is 1. The van der Waals surface area contributed by atoms with E-state index in [-0.39, 0.29) is 12.0 Å². The second kappa shape index (κ2) is 8.75. The third-order valence-corrected chi connectivity index (χ3v) is 6.96. The predicted octanol–water partition coefficient (Wildman–Crippen LogP) is 4.14. The van der Waals surface area contributed by atoms with Crippen LogP contribution in [-0.2, 0) is 14.8 Å². The van der Waals surface area contributed by atoms with Crippen molar-refractivity contribution in [1.29, 1.82) is 0 Å². The second-order valence-corrected chi connectivity index (χ2v) is 10.3. The average Bonchev–Trinajstić information content (AvgIpc) is 2.67. The van der Waals surface area contributed by atoms with Crippen molar-refractivity contribution < 1.29 is 13.2 Å². The zero-order chi connectivity index (χ0) is 22.2. The van der Waals surface area contributed by atoms with Crippen LogP contribution in [-0.4, -0.2) is 27.6 Å². The van der Waals surface area contributed by atoms with Crippen molar-refractivity contribution in [2.45, 2.75) is 37.6 Å². The fourth-order valence-corrected chi connectivity index (χ4v) is 4.96. The SMILES string of the molecule is CN[C@H]1CC[C@@H](c2ccc(Cl)c(Cl)c2)c2cc(C(C)C(N)=O)c(NS(C)(=O)=O)cc21. The van der Waals surface area contributed by atoms with Crippen LogP contribution in [0.1, 0.15) is 59.9 Å². The first-order chi connectivity index (χ1) is 14.0. The van der Waals surface area contributed by atoms with Gasteiger partial charge in [0.25, 0.3) is 0 Å². The van der Waals surface area contributed by atoms with E-state index in [2.05, 4.69) is 10.0 Å². The van der Waals surface area contributed by atoms with Crippen LogP contribution in [0.15, 0.2) is 30.3 Å². The standard InChI is InChI=1S/C21H25Cl2N3O3S/c1-11(21(24)27)14-9-15-13(12-4-6-17(22)18(23)8-12)5-7-19(25-2)16(15)10-20(14)26-30(3,28)29/h4,6,8-11,13,19,25-26H,5,7H2,1-3H3,(H2,24,27)/t11?,13-,19-/m0/s1. The topological polar surface area (TPSA) is 101 Å². The normalized spacial score (nSPS) is 19.8. The van der Waals surface area contributed by atoms with Gasteiger partial charge in [-0.05, 0) is 67.3 Å². The molecule has 30 heavy (non-hydrogen) atoms. The number of hydrogen-bond donors (Lipinski definition) is 3. The molecule has 0 fully saturated rings. The van der Waals surface area contributed by atoms with Crippen LogP contribution in [0.2, 0.25) is 10.0 Å². The van der Waals surface area contributed by atoms with Crippen LogP contribution < -0.4 is 15.8 Å². The van der Waals surface area contributed by atoms with Gasteiger partial charge in [-0.1, -0.05) is 35.3 Å². The van der Waals surface area contributed by atoms with Gasteiger partial charge in [-0.15, -0.1) is 0 Å². The Balaban J connectivity index is 2.23. The Morgan fingerprint density at radius 3 is 2.40 bits per heavy atom. The summed E-state index contributed by atoms with van der Waals surface area (Å²) in [6, 6.07) is 9.35. The lowest BCUT2D eigenvalue weighted by Gasteiger charge is -2.34. The summed E-state index contributed by atoms with van der Waals surface area (Å²) in [5.74, 6) is -1.16. The zero-order valence-electron chi connectivity index (χ0n) is 17.0. The van der Waals surface area contributed by atoms with Gasteiger partial charge in [-0.25, -0.2) is 8.42 Å². The van der Waals surface area contributed by atoms with Gasteiger partial charge < -0.3 is 11.1 Å². The van der Waals surface area contributed by atoms with E-state index in [1.807, 2.05) is 31.3 Å². The number of rotatable bonds is 6. The van der Waals surface area contributed by atoms with Crippen molar-refractivity contribution in [1.82, 2.24) is 5.32 Å². The molecule has 0 heterocycles. The molecule has 0 saturated heterocycles. The monoisotopic (exact) mass is 469 g/mol. The number of nitrogens with two attached hydrogens (primary N) is 1. The molecule has 9 heteroatoms. The van der Waals surface area contributed by atoms with Crippen molar-refractivity contribution in [3.8, 4) is 0 Å². The maximum Gasteiger partial charge on any atom is 0.229 e. The van der Waals surface area contributed by atoms with Crippen molar-refractivity contribution in [2.75, 3.05) is 18.0 Å². The van der Waals surface area contributed by atoms with Crippen molar-refractivity contribution in [3.05, 3.63) is 62.6 Å². The highest BCUT2D eigenvalue weighted by atomic mass is 35.5. The third kappa shape index (κ3) is 4.75. The van der Waals surface area contributed by atoms with Crippen LogP contribution in [0.3, 0.4) is 0 Å². The number of halogens is 2. The summed E-state index contributed by atoms with van der Waals surface area (Å²) in [6.07, 6.45) is 2.80. The predicted molar refractivity (Wildman–Crippen MR) is 122 cm³/mol. The molecule has 3 atom stereocenters. The molecule has 6 nitrogen and oxygen atoms in total. The molecule has 0 aliphatic heterocycles. The van der Waals surface area contributed by atoms with Crippen molar-refractivity contribution in [3.63, 3.8) is 0 Å². The molecule has 2 aromatic rings. The zero-order valence-corrected chi connectivity index (χ0v) is 19.3. The van der Waals surface area contributed by atoms with Crippen LogP contribution in [0, 0.1) is 0 Å². The van der Waals surface area contributed by atoms with E-state index in [0.717, 1.165) is 35.8 Å². The molecule has 1 aliphatic rings.